The van der Waals surface area contributed by atoms with Crippen LogP contribution in [0.5, 0.6) is 5.75 Å². The molecule has 0 bridgehead atoms. The fraction of sp³-hybridized carbons (Fsp3) is 0.158. The summed E-state index contributed by atoms with van der Waals surface area (Å²) >= 11 is 3.05. The van der Waals surface area contributed by atoms with Gasteiger partial charge in [0.15, 0.2) is 0 Å². The highest BCUT2D eigenvalue weighted by Crippen LogP contribution is 2.40. The van der Waals surface area contributed by atoms with Crippen LogP contribution in [0.3, 0.4) is 0 Å². The minimum Gasteiger partial charge on any atom is -0.496 e. The summed E-state index contributed by atoms with van der Waals surface area (Å²) in [6, 6.07) is 7.60. The number of benzene rings is 2. The number of carbonyl (C=O) groups excluding carboxylic acids is 1. The van der Waals surface area contributed by atoms with Gasteiger partial charge in [0.2, 0.25) is 0 Å². The number of ether oxygens (including phenoxy) is 2. The lowest BCUT2D eigenvalue weighted by Crippen LogP contribution is -2.36. The summed E-state index contributed by atoms with van der Waals surface area (Å²) in [6.45, 7) is -0.301. The number of halogens is 3. The number of nitrogens with zero attached hydrogens (tertiary/aromatic N) is 2. The van der Waals surface area contributed by atoms with Crippen LogP contribution in [0.1, 0.15) is 11.1 Å². The first-order valence-corrected chi connectivity index (χ1v) is 8.81. The van der Waals surface area contributed by atoms with Crippen molar-refractivity contribution in [3.05, 3.63) is 63.8 Å². The summed E-state index contributed by atoms with van der Waals surface area (Å²) in [5, 5.41) is 0.590. The number of hydrogen-bond donors (Lipinski definition) is 0. The third kappa shape index (κ3) is 2.99. The fourth-order valence-corrected chi connectivity index (χ4v) is 3.55. The molecule has 0 saturated heterocycles. The highest BCUT2D eigenvalue weighted by Gasteiger charge is 2.31. The number of hydrogen-bond acceptors (Lipinski definition) is 4. The molecule has 0 saturated carbocycles. The van der Waals surface area contributed by atoms with Gasteiger partial charge in [-0.2, -0.15) is 0 Å². The van der Waals surface area contributed by atoms with E-state index in [1.54, 1.807) is 24.4 Å². The second-order valence-corrected chi connectivity index (χ2v) is 6.89. The van der Waals surface area contributed by atoms with Crippen molar-refractivity contribution in [1.82, 2.24) is 4.98 Å². The molecule has 3 aromatic rings. The summed E-state index contributed by atoms with van der Waals surface area (Å²) in [7, 11) is 1.51. The minimum absolute atomic E-state index is 0.0248. The average Bonchev–Trinajstić information content (AvgIpc) is 2.65. The van der Waals surface area contributed by atoms with Crippen molar-refractivity contribution in [2.24, 2.45) is 0 Å². The van der Waals surface area contributed by atoms with E-state index in [0.29, 0.717) is 27.9 Å². The van der Waals surface area contributed by atoms with Crippen molar-refractivity contribution in [3.8, 4) is 5.75 Å². The number of fused-ring (bicyclic) bond motifs is 3. The van der Waals surface area contributed by atoms with Crippen LogP contribution in [-0.2, 0) is 17.9 Å². The van der Waals surface area contributed by atoms with Gasteiger partial charge in [0, 0.05) is 21.8 Å². The van der Waals surface area contributed by atoms with E-state index in [1.807, 2.05) is 0 Å². The number of pyridine rings is 1. The Morgan fingerprint density at radius 2 is 2.04 bits per heavy atom. The van der Waals surface area contributed by atoms with E-state index in [2.05, 4.69) is 20.9 Å². The van der Waals surface area contributed by atoms with Crippen LogP contribution in [0.2, 0.25) is 0 Å². The average molecular weight is 435 g/mol. The Bertz CT molecular complexity index is 1050. The van der Waals surface area contributed by atoms with Gasteiger partial charge >= 0.3 is 6.09 Å². The third-order valence-electron chi connectivity index (χ3n) is 4.39. The molecule has 0 atom stereocenters. The summed E-state index contributed by atoms with van der Waals surface area (Å²) in [5.41, 5.74) is 1.48. The van der Waals surface area contributed by atoms with Gasteiger partial charge in [0.05, 0.1) is 30.2 Å². The lowest BCUT2D eigenvalue weighted by Gasteiger charge is -2.30. The molecule has 1 aliphatic rings. The summed E-state index contributed by atoms with van der Waals surface area (Å²) in [6.07, 6.45) is 0.896. The maximum Gasteiger partial charge on any atom is 0.414 e. The number of carbonyl (C=O) groups is 1. The third-order valence-corrected chi connectivity index (χ3v) is 4.85. The predicted octanol–water partition coefficient (Wildman–Crippen LogP) is 4.94. The first kappa shape index (κ1) is 17.7. The van der Waals surface area contributed by atoms with E-state index in [9.17, 15) is 13.6 Å². The van der Waals surface area contributed by atoms with E-state index >= 15 is 0 Å². The zero-order chi connectivity index (χ0) is 19.1. The molecule has 4 rings (SSSR count). The second kappa shape index (κ2) is 6.77. The van der Waals surface area contributed by atoms with Gasteiger partial charge in [-0.3, -0.25) is 9.88 Å². The van der Waals surface area contributed by atoms with E-state index in [0.717, 1.165) is 12.1 Å². The molecule has 0 fully saturated rings. The van der Waals surface area contributed by atoms with Crippen LogP contribution < -0.4 is 9.64 Å². The van der Waals surface area contributed by atoms with Crippen molar-refractivity contribution in [1.29, 1.82) is 0 Å². The molecule has 0 spiro atoms. The normalized spacial score (nSPS) is 13.5. The topological polar surface area (TPSA) is 51.7 Å². The molecule has 1 aromatic heterocycles. The van der Waals surface area contributed by atoms with Crippen molar-refractivity contribution in [3.63, 3.8) is 0 Å². The molecule has 0 radical (unpaired) electrons. The first-order chi connectivity index (χ1) is 13.0. The number of cyclic esters (lactones) is 1. The van der Waals surface area contributed by atoms with Crippen LogP contribution in [0.25, 0.3) is 10.9 Å². The van der Waals surface area contributed by atoms with E-state index < -0.39 is 17.7 Å². The van der Waals surface area contributed by atoms with Crippen LogP contribution >= 0.6 is 15.9 Å². The quantitative estimate of drug-likeness (QED) is 0.585. The highest BCUT2D eigenvalue weighted by atomic mass is 79.9. The molecule has 138 valence electrons. The molecular weight excluding hydrogens is 422 g/mol. The van der Waals surface area contributed by atoms with Crippen LogP contribution in [0, 0.1) is 11.6 Å². The van der Waals surface area contributed by atoms with Gasteiger partial charge < -0.3 is 9.47 Å². The van der Waals surface area contributed by atoms with Crippen molar-refractivity contribution >= 4 is 38.6 Å². The van der Waals surface area contributed by atoms with Gasteiger partial charge in [-0.1, -0.05) is 22.0 Å². The standard InChI is InChI=1S/C19H13BrF2N2O3/c1-26-16-4-2-3-15-17(16)18-10(7-23-15)9-27-19(25)24(18)8-12-13(21)5-11(20)6-14(12)22/h2-7H,8-9H2,1H3. The van der Waals surface area contributed by atoms with Gasteiger partial charge in [0.1, 0.15) is 24.0 Å². The molecular formula is C19H13BrF2N2O3. The van der Waals surface area contributed by atoms with Crippen molar-refractivity contribution in [2.45, 2.75) is 13.2 Å². The number of methoxy groups -OCH3 is 1. The minimum atomic E-state index is -0.757. The molecule has 1 amide bonds. The lowest BCUT2D eigenvalue weighted by molar-refractivity contribution is 0.141. The molecule has 0 N–H and O–H groups in total. The lowest BCUT2D eigenvalue weighted by atomic mass is 10.1. The van der Waals surface area contributed by atoms with Gasteiger partial charge in [-0.05, 0) is 24.3 Å². The maximum absolute atomic E-state index is 14.3. The van der Waals surface area contributed by atoms with E-state index in [1.165, 1.54) is 12.0 Å². The van der Waals surface area contributed by atoms with Crippen LogP contribution in [0.4, 0.5) is 19.3 Å². The molecule has 0 unspecified atom stereocenters. The molecule has 1 aliphatic heterocycles. The van der Waals surface area contributed by atoms with E-state index in [-0.39, 0.29) is 23.2 Å². The molecule has 27 heavy (non-hydrogen) atoms. The Hall–Kier alpha value is -2.74. The summed E-state index contributed by atoms with van der Waals surface area (Å²) in [4.78, 5) is 18.1. The maximum atomic E-state index is 14.3. The fourth-order valence-electron chi connectivity index (χ4n) is 3.15. The SMILES string of the molecule is COc1cccc2ncc3c(c12)N(Cc1c(F)cc(Br)cc1F)C(=O)OC3. The largest absolute Gasteiger partial charge is 0.496 e. The Morgan fingerprint density at radius 3 is 2.74 bits per heavy atom. The summed E-state index contributed by atoms with van der Waals surface area (Å²) < 4.78 is 39.5. The smallest absolute Gasteiger partial charge is 0.414 e. The number of rotatable bonds is 3. The Labute approximate surface area is 161 Å². The monoisotopic (exact) mass is 434 g/mol. The molecule has 2 aromatic carbocycles. The Balaban J connectivity index is 1.92. The number of amides is 1. The Kier molecular flexibility index (Phi) is 4.43. The van der Waals surface area contributed by atoms with Gasteiger partial charge in [-0.25, -0.2) is 13.6 Å². The zero-order valence-electron chi connectivity index (χ0n) is 14.1. The zero-order valence-corrected chi connectivity index (χ0v) is 15.7. The number of aromatic nitrogens is 1. The van der Waals surface area contributed by atoms with Gasteiger partial charge in [-0.15, -0.1) is 0 Å². The van der Waals surface area contributed by atoms with Crippen LogP contribution in [0.15, 0.2) is 41.0 Å². The van der Waals surface area contributed by atoms with Crippen LogP contribution in [-0.4, -0.2) is 18.2 Å². The van der Waals surface area contributed by atoms with Gasteiger partial charge in [0.25, 0.3) is 0 Å². The predicted molar refractivity (Wildman–Crippen MR) is 98.7 cm³/mol. The molecule has 2 heterocycles. The molecule has 0 aliphatic carbocycles. The number of anilines is 1. The molecule has 8 heteroatoms. The van der Waals surface area contributed by atoms with E-state index in [4.69, 9.17) is 9.47 Å². The molecule has 5 nitrogen and oxygen atoms in total. The van der Waals surface area contributed by atoms with Crippen molar-refractivity contribution < 1.29 is 23.0 Å². The van der Waals surface area contributed by atoms with Crippen molar-refractivity contribution in [2.75, 3.05) is 12.0 Å². The second-order valence-electron chi connectivity index (χ2n) is 5.98. The first-order valence-electron chi connectivity index (χ1n) is 8.02. The Morgan fingerprint density at radius 1 is 1.30 bits per heavy atom. The highest BCUT2D eigenvalue weighted by molar-refractivity contribution is 9.10. The summed E-state index contributed by atoms with van der Waals surface area (Å²) in [5.74, 6) is -1.01.